The van der Waals surface area contributed by atoms with Gasteiger partial charge < -0.3 is 24.8 Å². The molecule has 9 nitrogen and oxygen atoms in total. The molecule has 0 saturated carbocycles. The number of nitrogens with one attached hydrogen (secondary N) is 1. The summed E-state index contributed by atoms with van der Waals surface area (Å²) in [6.45, 7) is 2.39. The molecule has 0 aromatic carbocycles. The number of aliphatic hydroxyl groups excluding tert-OH is 1. The fourth-order valence-corrected chi connectivity index (χ4v) is 5.36. The summed E-state index contributed by atoms with van der Waals surface area (Å²) in [5.41, 5.74) is 0. The Morgan fingerprint density at radius 1 is 0.861 bits per heavy atom. The van der Waals surface area contributed by atoms with Crippen molar-refractivity contribution in [3.63, 3.8) is 0 Å². The Bertz CT molecular complexity index is 608. The zero-order chi connectivity index (χ0) is 26.7. The van der Waals surface area contributed by atoms with E-state index in [1.54, 1.807) is 0 Å². The first-order chi connectivity index (χ1) is 17.4. The fourth-order valence-electron chi connectivity index (χ4n) is 4.72. The molecule has 1 amide bonds. The van der Waals surface area contributed by atoms with Gasteiger partial charge in [-0.15, -0.1) is 0 Å². The van der Waals surface area contributed by atoms with Gasteiger partial charge in [0.25, 0.3) is 0 Å². The standard InChI is InChI=1S/C26H52NO8P/c1-4-5-6-7-8-9-10-11-12-13-14-15-16-19-24(29)27-20-17-18-22-25(32-2)26(23(21-28)34-22)35-36(30,31)33-3/h22-23,25-26,28H,4-21H2,1-3H3,(H,27,29)(H,30,31)/t22-,23+,25-,26+/m0/s1. The summed E-state index contributed by atoms with van der Waals surface area (Å²) in [5.74, 6) is 0.0597. The highest BCUT2D eigenvalue weighted by atomic mass is 31.2. The van der Waals surface area contributed by atoms with Crippen molar-refractivity contribution in [3.8, 4) is 0 Å². The van der Waals surface area contributed by atoms with Gasteiger partial charge in [-0.2, -0.15) is 0 Å². The first-order valence-corrected chi connectivity index (χ1v) is 15.5. The summed E-state index contributed by atoms with van der Waals surface area (Å²) in [7, 11) is -1.72. The van der Waals surface area contributed by atoms with Crippen molar-refractivity contribution in [2.75, 3.05) is 27.4 Å². The maximum absolute atomic E-state index is 12.1. The molecule has 0 aliphatic carbocycles. The second-order valence-electron chi connectivity index (χ2n) is 9.80. The van der Waals surface area contributed by atoms with Gasteiger partial charge in [0.2, 0.25) is 5.91 Å². The van der Waals surface area contributed by atoms with Crippen molar-refractivity contribution >= 4 is 13.7 Å². The molecule has 1 fully saturated rings. The van der Waals surface area contributed by atoms with Gasteiger partial charge in [0, 0.05) is 27.2 Å². The molecule has 10 heteroatoms. The maximum atomic E-state index is 12.1. The molecule has 1 heterocycles. The number of amides is 1. The Kier molecular flexibility index (Phi) is 19.0. The van der Waals surface area contributed by atoms with E-state index in [-0.39, 0.29) is 12.5 Å². The minimum atomic E-state index is -4.25. The van der Waals surface area contributed by atoms with Crippen LogP contribution in [0.15, 0.2) is 0 Å². The zero-order valence-corrected chi connectivity index (χ0v) is 23.7. The lowest BCUT2D eigenvalue weighted by Gasteiger charge is -2.24. The number of hydrogen-bond acceptors (Lipinski definition) is 7. The quantitative estimate of drug-likeness (QED) is 0.119. The number of ether oxygens (including phenoxy) is 2. The van der Waals surface area contributed by atoms with Gasteiger partial charge in [0.15, 0.2) is 0 Å². The van der Waals surface area contributed by atoms with E-state index in [4.69, 9.17) is 14.0 Å². The maximum Gasteiger partial charge on any atom is 0.472 e. The summed E-state index contributed by atoms with van der Waals surface area (Å²) >= 11 is 0. The van der Waals surface area contributed by atoms with Crippen LogP contribution >= 0.6 is 7.82 Å². The molecule has 0 radical (unpaired) electrons. The highest BCUT2D eigenvalue weighted by Crippen LogP contribution is 2.47. The van der Waals surface area contributed by atoms with Crippen LogP contribution in [-0.4, -0.2) is 67.7 Å². The molecule has 1 aliphatic rings. The number of rotatable bonds is 23. The lowest BCUT2D eigenvalue weighted by molar-refractivity contribution is -0.121. The topological polar surface area (TPSA) is 124 Å². The van der Waals surface area contributed by atoms with Gasteiger partial charge in [-0.25, -0.2) is 4.57 Å². The number of methoxy groups -OCH3 is 1. The lowest BCUT2D eigenvalue weighted by Crippen LogP contribution is -2.37. The number of aliphatic hydroxyl groups is 1. The van der Waals surface area contributed by atoms with Gasteiger partial charge in [-0.1, -0.05) is 84.0 Å². The Balaban J connectivity index is 2.08. The molecule has 1 unspecified atom stereocenters. The minimum Gasteiger partial charge on any atom is -0.394 e. The smallest absolute Gasteiger partial charge is 0.394 e. The van der Waals surface area contributed by atoms with Gasteiger partial charge >= 0.3 is 7.82 Å². The van der Waals surface area contributed by atoms with E-state index in [1.807, 2.05) is 0 Å². The molecular formula is C26H52NO8P. The van der Waals surface area contributed by atoms with E-state index in [1.165, 1.54) is 77.7 Å². The molecule has 1 saturated heterocycles. The van der Waals surface area contributed by atoms with Gasteiger partial charge in [0.1, 0.15) is 18.3 Å². The van der Waals surface area contributed by atoms with Crippen LogP contribution in [0.2, 0.25) is 0 Å². The van der Waals surface area contributed by atoms with Gasteiger partial charge in [0.05, 0.1) is 12.7 Å². The molecule has 1 rings (SSSR count). The Labute approximate surface area is 218 Å². The van der Waals surface area contributed by atoms with Crippen LogP contribution < -0.4 is 5.32 Å². The molecule has 5 atom stereocenters. The summed E-state index contributed by atoms with van der Waals surface area (Å²) in [6.07, 6.45) is 15.7. The molecular weight excluding hydrogens is 485 g/mol. The Morgan fingerprint density at radius 3 is 1.92 bits per heavy atom. The lowest BCUT2D eigenvalue weighted by atomic mass is 10.0. The van der Waals surface area contributed by atoms with Crippen LogP contribution in [0.5, 0.6) is 0 Å². The molecule has 214 valence electrons. The molecule has 36 heavy (non-hydrogen) atoms. The molecule has 0 aromatic rings. The number of carbonyl (C=O) groups is 1. The predicted octanol–water partition coefficient (Wildman–Crippen LogP) is 5.27. The first-order valence-electron chi connectivity index (χ1n) is 14.0. The Hall–Kier alpha value is -0.540. The average Bonchev–Trinajstić information content (AvgIpc) is 3.20. The van der Waals surface area contributed by atoms with Crippen molar-refractivity contribution in [2.45, 2.75) is 134 Å². The number of phosphoric ester groups is 1. The molecule has 0 aromatic heterocycles. The highest BCUT2D eigenvalue weighted by molar-refractivity contribution is 7.47. The summed E-state index contributed by atoms with van der Waals surface area (Å²) in [5, 5.41) is 12.5. The molecule has 3 N–H and O–H groups in total. The summed E-state index contributed by atoms with van der Waals surface area (Å²) in [6, 6.07) is 0. The monoisotopic (exact) mass is 537 g/mol. The number of hydrogen-bond donors (Lipinski definition) is 3. The van der Waals surface area contributed by atoms with Gasteiger partial charge in [-0.05, 0) is 19.3 Å². The van der Waals surface area contributed by atoms with Gasteiger partial charge in [-0.3, -0.25) is 13.8 Å². The van der Waals surface area contributed by atoms with E-state index < -0.39 is 32.2 Å². The van der Waals surface area contributed by atoms with E-state index in [2.05, 4.69) is 16.8 Å². The number of unbranched alkanes of at least 4 members (excludes halogenated alkanes) is 12. The van der Waals surface area contributed by atoms with Crippen LogP contribution in [0.25, 0.3) is 0 Å². The second-order valence-corrected chi connectivity index (χ2v) is 11.3. The average molecular weight is 538 g/mol. The summed E-state index contributed by atoms with van der Waals surface area (Å²) < 4.78 is 32.7. The SMILES string of the molecule is CCCCCCCCCCCCCCCC(=O)NCCC[C@@H]1O[C@H](CO)[C@@H](OP(=O)(O)OC)[C@H]1OC. The van der Waals surface area contributed by atoms with Crippen molar-refractivity contribution in [2.24, 2.45) is 0 Å². The van der Waals surface area contributed by atoms with Crippen molar-refractivity contribution in [1.82, 2.24) is 5.32 Å². The van der Waals surface area contributed by atoms with Crippen molar-refractivity contribution in [1.29, 1.82) is 0 Å². The normalized spacial score (nSPS) is 23.6. The third-order valence-corrected chi connectivity index (χ3v) is 7.81. The van der Waals surface area contributed by atoms with E-state index in [0.29, 0.717) is 25.8 Å². The number of phosphoric acid groups is 1. The summed E-state index contributed by atoms with van der Waals surface area (Å²) in [4.78, 5) is 21.7. The van der Waals surface area contributed by atoms with E-state index >= 15 is 0 Å². The number of carbonyl (C=O) groups excluding carboxylic acids is 1. The van der Waals surface area contributed by atoms with E-state index in [0.717, 1.165) is 20.0 Å². The fraction of sp³-hybridized carbons (Fsp3) is 0.962. The third-order valence-electron chi connectivity index (χ3n) is 6.84. The minimum absolute atomic E-state index is 0.0597. The molecule has 0 bridgehead atoms. The highest BCUT2D eigenvalue weighted by Gasteiger charge is 2.48. The molecule has 0 spiro atoms. The third kappa shape index (κ3) is 14.4. The van der Waals surface area contributed by atoms with Crippen molar-refractivity contribution in [3.05, 3.63) is 0 Å². The van der Waals surface area contributed by atoms with Crippen molar-refractivity contribution < 1.29 is 37.9 Å². The largest absolute Gasteiger partial charge is 0.472 e. The van der Waals surface area contributed by atoms with Crippen LogP contribution in [0.3, 0.4) is 0 Å². The Morgan fingerprint density at radius 2 is 1.42 bits per heavy atom. The first kappa shape index (κ1) is 33.5. The van der Waals surface area contributed by atoms with E-state index in [9.17, 15) is 19.4 Å². The predicted molar refractivity (Wildman–Crippen MR) is 141 cm³/mol. The van der Waals surface area contributed by atoms with Crippen LogP contribution in [-0.2, 0) is 27.9 Å². The van der Waals surface area contributed by atoms with Crippen LogP contribution in [0, 0.1) is 0 Å². The molecule has 1 aliphatic heterocycles. The van der Waals surface area contributed by atoms with Crippen LogP contribution in [0.4, 0.5) is 0 Å². The van der Waals surface area contributed by atoms with Crippen LogP contribution in [0.1, 0.15) is 110 Å². The second kappa shape index (κ2) is 20.4. The zero-order valence-electron chi connectivity index (χ0n) is 22.8.